The van der Waals surface area contributed by atoms with Gasteiger partial charge in [-0.15, -0.1) is 0 Å². The number of sulfonamides is 1. The SMILES string of the molecule is COc1ccc(-c2cccnc2)cc1S(=O)(=O)N1CCCC1c1cccnc1. The van der Waals surface area contributed by atoms with E-state index in [4.69, 9.17) is 4.74 Å². The highest BCUT2D eigenvalue weighted by atomic mass is 32.2. The molecule has 1 aliphatic heterocycles. The number of methoxy groups -OCH3 is 1. The van der Waals surface area contributed by atoms with Gasteiger partial charge in [0.2, 0.25) is 10.0 Å². The van der Waals surface area contributed by atoms with E-state index in [0.717, 1.165) is 29.5 Å². The van der Waals surface area contributed by atoms with Crippen molar-refractivity contribution in [1.29, 1.82) is 0 Å². The van der Waals surface area contributed by atoms with Gasteiger partial charge in [0.15, 0.2) is 0 Å². The number of pyridine rings is 2. The molecular weight excluding hydrogens is 374 g/mol. The van der Waals surface area contributed by atoms with Gasteiger partial charge < -0.3 is 4.74 Å². The number of hydrogen-bond donors (Lipinski definition) is 0. The molecular formula is C21H21N3O3S. The molecule has 4 rings (SSSR count). The van der Waals surface area contributed by atoms with Gasteiger partial charge >= 0.3 is 0 Å². The summed E-state index contributed by atoms with van der Waals surface area (Å²) in [7, 11) is -2.26. The van der Waals surface area contributed by atoms with Crippen molar-refractivity contribution in [3.63, 3.8) is 0 Å². The molecule has 1 atom stereocenters. The second kappa shape index (κ2) is 7.69. The summed E-state index contributed by atoms with van der Waals surface area (Å²) < 4.78 is 34.1. The molecule has 0 N–H and O–H groups in total. The van der Waals surface area contributed by atoms with E-state index in [1.807, 2.05) is 30.3 Å². The molecule has 0 radical (unpaired) electrons. The second-order valence-corrected chi connectivity index (χ2v) is 8.53. The Labute approximate surface area is 164 Å². The van der Waals surface area contributed by atoms with E-state index in [-0.39, 0.29) is 10.9 Å². The molecule has 28 heavy (non-hydrogen) atoms. The smallest absolute Gasteiger partial charge is 0.247 e. The number of nitrogens with zero attached hydrogens (tertiary/aromatic N) is 3. The van der Waals surface area contributed by atoms with Crippen molar-refractivity contribution < 1.29 is 13.2 Å². The first kappa shape index (κ1) is 18.6. The summed E-state index contributed by atoms with van der Waals surface area (Å²) in [5.41, 5.74) is 2.54. The van der Waals surface area contributed by atoms with Gasteiger partial charge in [-0.3, -0.25) is 9.97 Å². The van der Waals surface area contributed by atoms with Gasteiger partial charge in [-0.2, -0.15) is 4.31 Å². The van der Waals surface area contributed by atoms with Crippen molar-refractivity contribution >= 4 is 10.0 Å². The van der Waals surface area contributed by atoms with Crippen LogP contribution in [0.25, 0.3) is 11.1 Å². The fraction of sp³-hybridized carbons (Fsp3) is 0.238. The van der Waals surface area contributed by atoms with Crippen LogP contribution in [0.3, 0.4) is 0 Å². The first-order valence-corrected chi connectivity index (χ1v) is 10.6. The van der Waals surface area contributed by atoms with E-state index >= 15 is 0 Å². The minimum Gasteiger partial charge on any atom is -0.495 e. The largest absolute Gasteiger partial charge is 0.495 e. The van der Waals surface area contributed by atoms with Crippen LogP contribution < -0.4 is 4.74 Å². The third kappa shape index (κ3) is 3.39. The summed E-state index contributed by atoms with van der Waals surface area (Å²) in [6.45, 7) is 0.474. The standard InChI is InChI=1S/C21H21N3O3S/c1-27-20-9-8-16(17-5-2-10-22-14-17)13-21(20)28(25,26)24-12-4-7-19(24)18-6-3-11-23-15-18/h2-3,5-6,8-11,13-15,19H,4,7,12H2,1H3. The zero-order chi connectivity index (χ0) is 19.6. The van der Waals surface area contributed by atoms with E-state index in [0.29, 0.717) is 12.3 Å². The Morgan fingerprint density at radius 3 is 2.50 bits per heavy atom. The number of ether oxygens (including phenoxy) is 1. The normalized spacial score (nSPS) is 17.5. The summed E-state index contributed by atoms with van der Waals surface area (Å²) in [5.74, 6) is 0.337. The number of aromatic nitrogens is 2. The Balaban J connectivity index is 1.78. The van der Waals surface area contributed by atoms with E-state index < -0.39 is 10.0 Å². The molecule has 1 unspecified atom stereocenters. The van der Waals surface area contributed by atoms with Crippen LogP contribution in [0.4, 0.5) is 0 Å². The Bertz CT molecular complexity index is 1060. The number of benzene rings is 1. The van der Waals surface area contributed by atoms with E-state index in [1.54, 1.807) is 41.2 Å². The van der Waals surface area contributed by atoms with Gasteiger partial charge in [-0.1, -0.05) is 18.2 Å². The molecule has 144 valence electrons. The predicted molar refractivity (Wildman–Crippen MR) is 106 cm³/mol. The van der Waals surface area contributed by atoms with Crippen LogP contribution in [0.2, 0.25) is 0 Å². The molecule has 3 heterocycles. The van der Waals surface area contributed by atoms with Crippen molar-refractivity contribution in [1.82, 2.24) is 14.3 Å². The quantitative estimate of drug-likeness (QED) is 0.659. The summed E-state index contributed by atoms with van der Waals surface area (Å²) in [6, 6.07) is 12.5. The minimum atomic E-state index is -3.75. The molecule has 0 amide bonds. The third-order valence-corrected chi connectivity index (χ3v) is 6.95. The highest BCUT2D eigenvalue weighted by Crippen LogP contribution is 2.39. The Morgan fingerprint density at radius 1 is 1.04 bits per heavy atom. The molecule has 0 bridgehead atoms. The minimum absolute atomic E-state index is 0.173. The molecule has 2 aromatic heterocycles. The van der Waals surface area contributed by atoms with Crippen LogP contribution in [0.15, 0.2) is 72.1 Å². The lowest BCUT2D eigenvalue weighted by atomic mass is 10.1. The maximum Gasteiger partial charge on any atom is 0.247 e. The van der Waals surface area contributed by atoms with Crippen molar-refractivity contribution in [3.05, 3.63) is 72.8 Å². The van der Waals surface area contributed by atoms with Crippen molar-refractivity contribution in [2.24, 2.45) is 0 Å². The average molecular weight is 395 g/mol. The zero-order valence-corrected chi connectivity index (χ0v) is 16.3. The highest BCUT2D eigenvalue weighted by molar-refractivity contribution is 7.89. The fourth-order valence-electron chi connectivity index (χ4n) is 3.65. The zero-order valence-electron chi connectivity index (χ0n) is 15.5. The maximum atomic E-state index is 13.6. The van der Waals surface area contributed by atoms with Crippen LogP contribution in [0, 0.1) is 0 Å². The molecule has 0 spiro atoms. The summed E-state index contributed by atoms with van der Waals surface area (Å²) in [6.07, 6.45) is 8.42. The molecule has 0 saturated carbocycles. The summed E-state index contributed by atoms with van der Waals surface area (Å²) in [4.78, 5) is 8.45. The first-order chi connectivity index (χ1) is 13.6. The average Bonchev–Trinajstić information content (AvgIpc) is 3.25. The van der Waals surface area contributed by atoms with Gasteiger partial charge in [0.05, 0.1) is 13.2 Å². The molecule has 1 aliphatic rings. The second-order valence-electron chi connectivity index (χ2n) is 6.67. The maximum absolute atomic E-state index is 13.6. The van der Waals surface area contributed by atoms with Gasteiger partial charge in [0.25, 0.3) is 0 Å². The van der Waals surface area contributed by atoms with Crippen LogP contribution in [0.1, 0.15) is 24.4 Å². The fourth-order valence-corrected chi connectivity index (χ4v) is 5.52. The Morgan fingerprint density at radius 2 is 1.82 bits per heavy atom. The van der Waals surface area contributed by atoms with Crippen molar-refractivity contribution in [3.8, 4) is 16.9 Å². The van der Waals surface area contributed by atoms with Crippen LogP contribution in [-0.2, 0) is 10.0 Å². The van der Waals surface area contributed by atoms with Gasteiger partial charge in [0.1, 0.15) is 10.6 Å². The lowest BCUT2D eigenvalue weighted by Crippen LogP contribution is -2.31. The number of rotatable bonds is 5. The van der Waals surface area contributed by atoms with Crippen LogP contribution in [0.5, 0.6) is 5.75 Å². The molecule has 7 heteroatoms. The monoisotopic (exact) mass is 395 g/mol. The molecule has 3 aromatic rings. The molecule has 0 aliphatic carbocycles. The highest BCUT2D eigenvalue weighted by Gasteiger charge is 2.38. The Hall–Kier alpha value is -2.77. The van der Waals surface area contributed by atoms with Crippen molar-refractivity contribution in [2.75, 3.05) is 13.7 Å². The van der Waals surface area contributed by atoms with Gasteiger partial charge in [0, 0.05) is 36.9 Å². The first-order valence-electron chi connectivity index (χ1n) is 9.11. The Kier molecular flexibility index (Phi) is 5.11. The van der Waals surface area contributed by atoms with Gasteiger partial charge in [-0.25, -0.2) is 8.42 Å². The number of hydrogen-bond acceptors (Lipinski definition) is 5. The predicted octanol–water partition coefficient (Wildman–Crippen LogP) is 3.68. The topological polar surface area (TPSA) is 72.4 Å². The van der Waals surface area contributed by atoms with Crippen molar-refractivity contribution in [2.45, 2.75) is 23.8 Å². The molecule has 1 saturated heterocycles. The summed E-state index contributed by atoms with van der Waals surface area (Å²) in [5, 5.41) is 0. The van der Waals surface area contributed by atoms with Gasteiger partial charge in [-0.05, 0) is 48.2 Å². The lowest BCUT2D eigenvalue weighted by molar-refractivity contribution is 0.380. The molecule has 1 fully saturated rings. The summed E-state index contributed by atoms with van der Waals surface area (Å²) >= 11 is 0. The van der Waals surface area contributed by atoms with E-state index in [9.17, 15) is 8.42 Å². The van der Waals surface area contributed by atoms with Crippen LogP contribution in [-0.4, -0.2) is 36.3 Å². The lowest BCUT2D eigenvalue weighted by Gasteiger charge is -2.25. The van der Waals surface area contributed by atoms with E-state index in [1.165, 1.54) is 7.11 Å². The van der Waals surface area contributed by atoms with Crippen LogP contribution >= 0.6 is 0 Å². The molecule has 1 aromatic carbocycles. The molecule has 6 nitrogen and oxygen atoms in total. The third-order valence-electron chi connectivity index (χ3n) is 5.02. The van der Waals surface area contributed by atoms with E-state index in [2.05, 4.69) is 9.97 Å².